The molecule has 2 nitrogen and oxygen atoms in total. The van der Waals surface area contributed by atoms with Crippen molar-refractivity contribution in [3.8, 4) is 17.3 Å². The van der Waals surface area contributed by atoms with Crippen molar-refractivity contribution in [2.24, 2.45) is 0 Å². The van der Waals surface area contributed by atoms with Crippen molar-refractivity contribution in [1.82, 2.24) is 4.98 Å². The Morgan fingerprint density at radius 3 is 2.37 bits per heavy atom. The number of alkyl halides is 3. The van der Waals surface area contributed by atoms with Gasteiger partial charge in [-0.1, -0.05) is 12.1 Å². The van der Waals surface area contributed by atoms with Gasteiger partial charge in [-0.15, -0.1) is 12.4 Å². The van der Waals surface area contributed by atoms with Crippen LogP contribution in [0.25, 0.3) is 11.3 Å². The van der Waals surface area contributed by atoms with Crippen molar-refractivity contribution >= 4 is 12.4 Å². The maximum atomic E-state index is 12.6. The van der Waals surface area contributed by atoms with Crippen LogP contribution in [-0.4, -0.2) is 4.98 Å². The largest absolute Gasteiger partial charge is 0.417 e. The highest BCUT2D eigenvalue weighted by molar-refractivity contribution is 5.85. The summed E-state index contributed by atoms with van der Waals surface area (Å²) in [4.78, 5) is 4.03. The quantitative estimate of drug-likeness (QED) is 0.792. The fourth-order valence-corrected chi connectivity index (χ4v) is 1.58. The summed E-state index contributed by atoms with van der Waals surface area (Å²) >= 11 is 0. The Morgan fingerprint density at radius 1 is 1.11 bits per heavy atom. The number of rotatable bonds is 1. The van der Waals surface area contributed by atoms with E-state index in [1.807, 2.05) is 0 Å². The van der Waals surface area contributed by atoms with Crippen molar-refractivity contribution in [3.63, 3.8) is 0 Å². The van der Waals surface area contributed by atoms with Crippen LogP contribution < -0.4 is 0 Å². The van der Waals surface area contributed by atoms with Gasteiger partial charge in [0.2, 0.25) is 0 Å². The number of hydrogen-bond donors (Lipinski definition) is 0. The highest BCUT2D eigenvalue weighted by Gasteiger charge is 2.33. The average Bonchev–Trinajstić information content (AvgIpc) is 2.38. The minimum atomic E-state index is -4.52. The molecule has 0 spiro atoms. The van der Waals surface area contributed by atoms with E-state index in [4.69, 9.17) is 5.26 Å². The zero-order valence-corrected chi connectivity index (χ0v) is 10.3. The molecule has 0 N–H and O–H groups in total. The second-order valence-corrected chi connectivity index (χ2v) is 3.58. The molecule has 1 heterocycles. The van der Waals surface area contributed by atoms with Gasteiger partial charge in [-0.25, -0.2) is 0 Å². The van der Waals surface area contributed by atoms with E-state index >= 15 is 0 Å². The minimum Gasteiger partial charge on any atom is -0.256 e. The van der Waals surface area contributed by atoms with Gasteiger partial charge < -0.3 is 0 Å². The van der Waals surface area contributed by atoms with Crippen molar-refractivity contribution in [2.75, 3.05) is 0 Å². The maximum absolute atomic E-state index is 12.6. The van der Waals surface area contributed by atoms with Gasteiger partial charge in [0, 0.05) is 11.8 Å². The van der Waals surface area contributed by atoms with Crippen molar-refractivity contribution < 1.29 is 13.2 Å². The van der Waals surface area contributed by atoms with Gasteiger partial charge >= 0.3 is 6.18 Å². The molecule has 19 heavy (non-hydrogen) atoms. The van der Waals surface area contributed by atoms with E-state index < -0.39 is 17.3 Å². The molecule has 0 fully saturated rings. The summed E-state index contributed by atoms with van der Waals surface area (Å²) < 4.78 is 37.8. The monoisotopic (exact) mass is 284 g/mol. The van der Waals surface area contributed by atoms with E-state index in [1.165, 1.54) is 12.1 Å². The van der Waals surface area contributed by atoms with Gasteiger partial charge in [-0.3, -0.25) is 4.98 Å². The highest BCUT2D eigenvalue weighted by Crippen LogP contribution is 2.33. The SMILES string of the molecule is Cl.N#Cc1cc(-c2ccccn2)ccc1C(F)(F)F. The Bertz CT molecular complexity index is 604. The van der Waals surface area contributed by atoms with Crippen LogP contribution in [0.1, 0.15) is 11.1 Å². The summed E-state index contributed by atoms with van der Waals surface area (Å²) in [6.45, 7) is 0. The first-order valence-corrected chi connectivity index (χ1v) is 5.05. The van der Waals surface area contributed by atoms with Crippen LogP contribution in [0.5, 0.6) is 0 Å². The zero-order valence-electron chi connectivity index (χ0n) is 9.48. The number of nitrogens with zero attached hydrogens (tertiary/aromatic N) is 2. The van der Waals surface area contributed by atoms with Gasteiger partial charge in [-0.2, -0.15) is 18.4 Å². The van der Waals surface area contributed by atoms with Gasteiger partial charge in [-0.05, 0) is 24.3 Å². The number of aromatic nitrogens is 1. The number of hydrogen-bond acceptors (Lipinski definition) is 2. The summed E-state index contributed by atoms with van der Waals surface area (Å²) in [5.74, 6) is 0. The Labute approximate surface area is 113 Å². The second-order valence-electron chi connectivity index (χ2n) is 3.58. The molecule has 0 atom stereocenters. The van der Waals surface area contributed by atoms with Crippen LogP contribution in [0.2, 0.25) is 0 Å². The third-order valence-electron chi connectivity index (χ3n) is 2.41. The highest BCUT2D eigenvalue weighted by atomic mass is 35.5. The molecule has 0 saturated carbocycles. The molecule has 0 bridgehead atoms. The third kappa shape index (κ3) is 3.24. The minimum absolute atomic E-state index is 0. The molecule has 6 heteroatoms. The number of nitriles is 1. The Kier molecular flexibility index (Phi) is 4.52. The van der Waals surface area contributed by atoms with E-state index in [1.54, 1.807) is 30.5 Å². The summed E-state index contributed by atoms with van der Waals surface area (Å²) in [7, 11) is 0. The van der Waals surface area contributed by atoms with Crippen molar-refractivity contribution in [1.29, 1.82) is 5.26 Å². The Hall–Kier alpha value is -2.06. The number of benzene rings is 1. The molecular formula is C13H8ClF3N2. The molecule has 0 aliphatic carbocycles. The van der Waals surface area contributed by atoms with E-state index in [9.17, 15) is 13.2 Å². The molecule has 0 amide bonds. The first-order chi connectivity index (χ1) is 8.52. The predicted octanol–water partition coefficient (Wildman–Crippen LogP) is 4.06. The zero-order chi connectivity index (χ0) is 13.2. The smallest absolute Gasteiger partial charge is 0.256 e. The molecule has 1 aromatic heterocycles. The molecule has 0 aliphatic rings. The summed E-state index contributed by atoms with van der Waals surface area (Å²) in [6, 6.07) is 10.1. The predicted molar refractivity (Wildman–Crippen MR) is 66.6 cm³/mol. The molecule has 0 radical (unpaired) electrons. The molecule has 98 valence electrons. The van der Waals surface area contributed by atoms with Crippen LogP contribution in [-0.2, 0) is 6.18 Å². The fraction of sp³-hybridized carbons (Fsp3) is 0.0769. The Balaban J connectivity index is 0.00000180. The topological polar surface area (TPSA) is 36.7 Å². The number of halogens is 4. The molecule has 2 aromatic rings. The lowest BCUT2D eigenvalue weighted by Crippen LogP contribution is -2.07. The van der Waals surface area contributed by atoms with E-state index in [2.05, 4.69) is 4.98 Å². The molecule has 0 saturated heterocycles. The van der Waals surface area contributed by atoms with Crippen LogP contribution >= 0.6 is 12.4 Å². The molecule has 0 unspecified atom stereocenters. The lowest BCUT2D eigenvalue weighted by atomic mass is 10.0. The molecule has 1 aromatic carbocycles. The lowest BCUT2D eigenvalue weighted by molar-refractivity contribution is -0.137. The second kappa shape index (κ2) is 5.72. The molecular weight excluding hydrogens is 277 g/mol. The van der Waals surface area contributed by atoms with Crippen molar-refractivity contribution in [3.05, 3.63) is 53.7 Å². The molecule has 2 rings (SSSR count). The maximum Gasteiger partial charge on any atom is 0.417 e. The van der Waals surface area contributed by atoms with Crippen LogP contribution in [0.3, 0.4) is 0 Å². The summed E-state index contributed by atoms with van der Waals surface area (Å²) in [6.07, 6.45) is -2.98. The summed E-state index contributed by atoms with van der Waals surface area (Å²) in [5, 5.41) is 8.78. The Morgan fingerprint density at radius 2 is 1.84 bits per heavy atom. The van der Waals surface area contributed by atoms with Gasteiger partial charge in [0.1, 0.15) is 0 Å². The van der Waals surface area contributed by atoms with Crippen LogP contribution in [0, 0.1) is 11.3 Å². The standard InChI is InChI=1S/C13H7F3N2.ClH/c14-13(15,16)11-5-4-9(7-10(11)8-17)12-3-1-2-6-18-12;/h1-7H;1H. The van der Waals surface area contributed by atoms with Gasteiger partial charge in [0.25, 0.3) is 0 Å². The molecule has 0 aliphatic heterocycles. The number of pyridine rings is 1. The van der Waals surface area contributed by atoms with Crippen LogP contribution in [0.15, 0.2) is 42.6 Å². The van der Waals surface area contributed by atoms with Crippen LogP contribution in [0.4, 0.5) is 13.2 Å². The van der Waals surface area contributed by atoms with E-state index in [0.29, 0.717) is 11.3 Å². The van der Waals surface area contributed by atoms with E-state index in [-0.39, 0.29) is 12.4 Å². The average molecular weight is 285 g/mol. The van der Waals surface area contributed by atoms with E-state index in [0.717, 1.165) is 6.07 Å². The normalized spacial score (nSPS) is 10.4. The van der Waals surface area contributed by atoms with Gasteiger partial charge in [0.05, 0.1) is 22.9 Å². The van der Waals surface area contributed by atoms with Gasteiger partial charge in [0.15, 0.2) is 0 Å². The first kappa shape index (κ1) is 15.0. The van der Waals surface area contributed by atoms with Crippen molar-refractivity contribution in [2.45, 2.75) is 6.18 Å². The lowest BCUT2D eigenvalue weighted by Gasteiger charge is -2.09. The third-order valence-corrected chi connectivity index (χ3v) is 2.41. The summed E-state index contributed by atoms with van der Waals surface area (Å²) in [5.41, 5.74) is -0.307. The fourth-order valence-electron chi connectivity index (χ4n) is 1.58. The first-order valence-electron chi connectivity index (χ1n) is 5.05.